The molecule has 1 aliphatic heterocycles. The van der Waals surface area contributed by atoms with Crippen LogP contribution in [0.2, 0.25) is 0 Å². The summed E-state index contributed by atoms with van der Waals surface area (Å²) in [6.07, 6.45) is 0. The third kappa shape index (κ3) is 3.80. The van der Waals surface area contributed by atoms with Gasteiger partial charge in [0.25, 0.3) is 0 Å². The van der Waals surface area contributed by atoms with Crippen molar-refractivity contribution < 1.29 is 14.3 Å². The maximum absolute atomic E-state index is 9.99. The Morgan fingerprint density at radius 3 is 2.37 bits per heavy atom. The molecule has 1 saturated heterocycles. The number of hydrogen-bond acceptors (Lipinski definition) is 5. The Morgan fingerprint density at radius 1 is 0.833 bits per heavy atom. The Bertz CT molecular complexity index is 1220. The van der Waals surface area contributed by atoms with Gasteiger partial charge < -0.3 is 19.2 Å². The summed E-state index contributed by atoms with van der Waals surface area (Å²) in [5, 5.41) is 11.5. The average Bonchev–Trinajstić information content (AvgIpc) is 2.81. The molecule has 150 valence electrons. The normalized spacial score (nSPS) is 14.9. The quantitative estimate of drug-likeness (QED) is 0.535. The largest absolute Gasteiger partial charge is 0.508 e. The number of aromatic hydroxyl groups is 1. The molecule has 0 aliphatic carbocycles. The van der Waals surface area contributed by atoms with Crippen molar-refractivity contribution in [3.63, 3.8) is 0 Å². The first kappa shape index (κ1) is 18.5. The predicted molar refractivity (Wildman–Crippen MR) is 118 cm³/mol. The molecule has 4 aromatic rings. The summed E-state index contributed by atoms with van der Waals surface area (Å²) in [4.78, 5) is 7.18. The van der Waals surface area contributed by atoms with Crippen LogP contribution in [0.3, 0.4) is 0 Å². The highest BCUT2D eigenvalue weighted by molar-refractivity contribution is 5.80. The smallest absolute Gasteiger partial charge is 0.137 e. The zero-order chi connectivity index (χ0) is 20.3. The van der Waals surface area contributed by atoms with E-state index in [0.717, 1.165) is 54.1 Å². The molecule has 5 nitrogen and oxygen atoms in total. The van der Waals surface area contributed by atoms with Crippen LogP contribution in [-0.2, 0) is 4.74 Å². The van der Waals surface area contributed by atoms with Crippen molar-refractivity contribution in [2.45, 2.75) is 0 Å². The number of benzene rings is 3. The topological polar surface area (TPSA) is 58.2 Å². The highest BCUT2D eigenvalue weighted by Crippen LogP contribution is 2.25. The van der Waals surface area contributed by atoms with E-state index in [2.05, 4.69) is 17.0 Å². The molecule has 0 saturated carbocycles. The van der Waals surface area contributed by atoms with Crippen LogP contribution in [0.4, 0.5) is 11.4 Å². The van der Waals surface area contributed by atoms with Crippen molar-refractivity contribution in [2.24, 2.45) is 4.99 Å². The van der Waals surface area contributed by atoms with Crippen molar-refractivity contribution in [2.75, 3.05) is 31.2 Å². The van der Waals surface area contributed by atoms with Gasteiger partial charge in [-0.05, 0) is 42.5 Å². The van der Waals surface area contributed by atoms with Crippen LogP contribution in [0.15, 0.2) is 88.3 Å². The van der Waals surface area contributed by atoms with Crippen LogP contribution in [0.5, 0.6) is 5.75 Å². The molecule has 0 radical (unpaired) electrons. The van der Waals surface area contributed by atoms with Crippen LogP contribution >= 0.6 is 0 Å². The summed E-state index contributed by atoms with van der Waals surface area (Å²) in [7, 11) is 0. The van der Waals surface area contributed by atoms with E-state index in [9.17, 15) is 5.11 Å². The van der Waals surface area contributed by atoms with E-state index < -0.39 is 0 Å². The third-order valence-corrected chi connectivity index (χ3v) is 5.26. The SMILES string of the molecule is Oc1ccc2oc(-c3ccccc3)cc(=Nc3ccc(N4CCOCC4)cc3)c2c1. The fourth-order valence-corrected chi connectivity index (χ4v) is 3.69. The van der Waals surface area contributed by atoms with E-state index in [1.54, 1.807) is 18.2 Å². The molecule has 1 aromatic heterocycles. The first-order valence-electron chi connectivity index (χ1n) is 10.1. The average molecular weight is 398 g/mol. The highest BCUT2D eigenvalue weighted by atomic mass is 16.5. The highest BCUT2D eigenvalue weighted by Gasteiger charge is 2.11. The maximum Gasteiger partial charge on any atom is 0.137 e. The van der Waals surface area contributed by atoms with Gasteiger partial charge in [-0.15, -0.1) is 0 Å². The van der Waals surface area contributed by atoms with Gasteiger partial charge in [0, 0.05) is 35.8 Å². The second-order valence-electron chi connectivity index (χ2n) is 7.27. The number of fused-ring (bicyclic) bond motifs is 1. The Balaban J connectivity index is 1.59. The van der Waals surface area contributed by atoms with E-state index in [1.807, 2.05) is 48.5 Å². The fourth-order valence-electron chi connectivity index (χ4n) is 3.69. The lowest BCUT2D eigenvalue weighted by Crippen LogP contribution is -2.36. The van der Waals surface area contributed by atoms with E-state index in [0.29, 0.717) is 5.58 Å². The number of ether oxygens (including phenoxy) is 1. The van der Waals surface area contributed by atoms with E-state index >= 15 is 0 Å². The summed E-state index contributed by atoms with van der Waals surface area (Å²) in [6, 6.07) is 25.2. The molecule has 0 atom stereocenters. The van der Waals surface area contributed by atoms with Gasteiger partial charge in [-0.2, -0.15) is 0 Å². The Morgan fingerprint density at radius 2 is 1.60 bits per heavy atom. The molecule has 5 heteroatoms. The molecular weight excluding hydrogens is 376 g/mol. The number of nitrogens with zero attached hydrogens (tertiary/aromatic N) is 2. The van der Waals surface area contributed by atoms with Crippen molar-refractivity contribution in [1.29, 1.82) is 0 Å². The molecule has 2 heterocycles. The number of hydrogen-bond donors (Lipinski definition) is 1. The summed E-state index contributed by atoms with van der Waals surface area (Å²) in [6.45, 7) is 3.33. The molecule has 30 heavy (non-hydrogen) atoms. The zero-order valence-electron chi connectivity index (χ0n) is 16.5. The fraction of sp³-hybridized carbons (Fsp3) is 0.160. The van der Waals surface area contributed by atoms with E-state index in [4.69, 9.17) is 14.1 Å². The summed E-state index contributed by atoms with van der Waals surface area (Å²) >= 11 is 0. The lowest BCUT2D eigenvalue weighted by Gasteiger charge is -2.28. The lowest BCUT2D eigenvalue weighted by atomic mass is 10.1. The molecule has 1 fully saturated rings. The molecule has 3 aromatic carbocycles. The minimum atomic E-state index is 0.185. The standard InChI is InChI=1S/C25H22N2O3/c28-21-10-11-24-22(16-21)23(17-25(30-24)18-4-2-1-3-5-18)26-19-6-8-20(9-7-19)27-12-14-29-15-13-27/h1-11,16-17,28H,12-15H2. The van der Waals surface area contributed by atoms with Gasteiger partial charge in [0.2, 0.25) is 0 Å². The van der Waals surface area contributed by atoms with Gasteiger partial charge in [0.1, 0.15) is 17.1 Å². The van der Waals surface area contributed by atoms with Crippen LogP contribution in [0.25, 0.3) is 22.3 Å². The van der Waals surface area contributed by atoms with Gasteiger partial charge >= 0.3 is 0 Å². The van der Waals surface area contributed by atoms with Gasteiger partial charge in [0.15, 0.2) is 0 Å². The summed E-state index contributed by atoms with van der Waals surface area (Å²) < 4.78 is 11.5. The summed E-state index contributed by atoms with van der Waals surface area (Å²) in [5.74, 6) is 0.918. The van der Waals surface area contributed by atoms with Crippen molar-refractivity contribution >= 4 is 22.3 Å². The molecule has 1 aliphatic rings. The second-order valence-corrected chi connectivity index (χ2v) is 7.27. The predicted octanol–water partition coefficient (Wildman–Crippen LogP) is 4.87. The first-order valence-corrected chi connectivity index (χ1v) is 10.1. The number of phenolic OH excluding ortho intramolecular Hbond substituents is 1. The molecule has 0 spiro atoms. The molecule has 0 bridgehead atoms. The molecule has 1 N–H and O–H groups in total. The van der Waals surface area contributed by atoms with Crippen molar-refractivity contribution in [3.05, 3.63) is 84.2 Å². The van der Waals surface area contributed by atoms with Crippen LogP contribution in [-0.4, -0.2) is 31.4 Å². The number of phenols is 1. The van der Waals surface area contributed by atoms with Crippen LogP contribution < -0.4 is 10.3 Å². The minimum absolute atomic E-state index is 0.185. The molecule has 5 rings (SSSR count). The summed E-state index contributed by atoms with van der Waals surface area (Å²) in [5.41, 5.74) is 3.68. The Labute approximate surface area is 174 Å². The Kier molecular flexibility index (Phi) is 4.95. The molecule has 0 amide bonds. The van der Waals surface area contributed by atoms with E-state index in [1.165, 1.54) is 5.69 Å². The van der Waals surface area contributed by atoms with Gasteiger partial charge in [-0.25, -0.2) is 4.99 Å². The van der Waals surface area contributed by atoms with Crippen molar-refractivity contribution in [3.8, 4) is 17.1 Å². The number of morpholine rings is 1. The first-order chi connectivity index (χ1) is 14.8. The number of anilines is 1. The van der Waals surface area contributed by atoms with Crippen molar-refractivity contribution in [1.82, 2.24) is 0 Å². The minimum Gasteiger partial charge on any atom is -0.508 e. The van der Waals surface area contributed by atoms with E-state index in [-0.39, 0.29) is 5.75 Å². The van der Waals surface area contributed by atoms with Gasteiger partial charge in [-0.1, -0.05) is 30.3 Å². The maximum atomic E-state index is 9.99. The van der Waals surface area contributed by atoms with Crippen LogP contribution in [0, 0.1) is 0 Å². The lowest BCUT2D eigenvalue weighted by molar-refractivity contribution is 0.122. The van der Waals surface area contributed by atoms with Gasteiger partial charge in [0.05, 0.1) is 24.3 Å². The third-order valence-electron chi connectivity index (χ3n) is 5.26. The Hall–Kier alpha value is -3.57. The zero-order valence-corrected chi connectivity index (χ0v) is 16.5. The van der Waals surface area contributed by atoms with Gasteiger partial charge in [-0.3, -0.25) is 0 Å². The van der Waals surface area contributed by atoms with Crippen LogP contribution in [0.1, 0.15) is 0 Å². The monoisotopic (exact) mass is 398 g/mol. The second kappa shape index (κ2) is 8.05. The molecular formula is C25H22N2O3. The number of rotatable bonds is 3. The molecule has 0 unspecified atom stereocenters.